The average molecular weight is 456 g/mol. The van der Waals surface area contributed by atoms with Crippen LogP contribution in [-0.4, -0.2) is 74.7 Å². The number of methoxy groups -OCH3 is 2. The molecule has 0 saturated carbocycles. The third kappa shape index (κ3) is 4.73. The topological polar surface area (TPSA) is 102 Å². The van der Waals surface area contributed by atoms with E-state index in [4.69, 9.17) is 13.9 Å². The SMILES string of the molecule is COc1ccc(S(=O)(=O)N2CCN(C(=O)CSc3nc(C)c(C)o3)CC2)cc1OC. The highest BCUT2D eigenvalue weighted by molar-refractivity contribution is 7.99. The van der Waals surface area contributed by atoms with Crippen LogP contribution in [0.3, 0.4) is 0 Å². The van der Waals surface area contributed by atoms with Crippen molar-refractivity contribution in [3.63, 3.8) is 0 Å². The molecule has 0 unspecified atom stereocenters. The molecular formula is C19H25N3O6S2. The molecule has 2 aromatic rings. The van der Waals surface area contributed by atoms with Crippen LogP contribution in [0, 0.1) is 13.8 Å². The van der Waals surface area contributed by atoms with Gasteiger partial charge in [0.25, 0.3) is 5.22 Å². The van der Waals surface area contributed by atoms with E-state index in [0.29, 0.717) is 29.8 Å². The minimum Gasteiger partial charge on any atom is -0.493 e. The molecule has 1 saturated heterocycles. The Labute approximate surface area is 180 Å². The maximum atomic E-state index is 13.0. The van der Waals surface area contributed by atoms with Gasteiger partial charge in [-0.1, -0.05) is 11.8 Å². The molecule has 0 bridgehead atoms. The van der Waals surface area contributed by atoms with Gasteiger partial charge < -0.3 is 18.8 Å². The molecule has 1 aliphatic rings. The molecule has 3 rings (SSSR count). The summed E-state index contributed by atoms with van der Waals surface area (Å²) >= 11 is 1.24. The number of piperazine rings is 1. The van der Waals surface area contributed by atoms with Crippen molar-refractivity contribution in [1.82, 2.24) is 14.2 Å². The van der Waals surface area contributed by atoms with Crippen molar-refractivity contribution in [3.8, 4) is 11.5 Å². The second-order valence-corrected chi connectivity index (χ2v) is 9.58. The molecule has 2 heterocycles. The van der Waals surface area contributed by atoms with Crippen LogP contribution in [0.2, 0.25) is 0 Å². The lowest BCUT2D eigenvalue weighted by Crippen LogP contribution is -2.50. The summed E-state index contributed by atoms with van der Waals surface area (Å²) in [6.45, 7) is 4.79. The zero-order valence-electron chi connectivity index (χ0n) is 17.4. The number of aryl methyl sites for hydroxylation is 2. The summed E-state index contributed by atoms with van der Waals surface area (Å²) in [5, 5.41) is 0.466. The lowest BCUT2D eigenvalue weighted by atomic mass is 10.3. The fraction of sp³-hybridized carbons (Fsp3) is 0.474. The summed E-state index contributed by atoms with van der Waals surface area (Å²) in [6.07, 6.45) is 0. The predicted molar refractivity (Wildman–Crippen MR) is 112 cm³/mol. The van der Waals surface area contributed by atoms with E-state index in [0.717, 1.165) is 11.5 Å². The lowest BCUT2D eigenvalue weighted by Gasteiger charge is -2.34. The van der Waals surface area contributed by atoms with Gasteiger partial charge >= 0.3 is 0 Å². The maximum absolute atomic E-state index is 13.0. The van der Waals surface area contributed by atoms with Gasteiger partial charge in [-0.25, -0.2) is 13.4 Å². The zero-order valence-corrected chi connectivity index (χ0v) is 19.0. The van der Waals surface area contributed by atoms with Crippen molar-refractivity contribution in [2.45, 2.75) is 24.0 Å². The van der Waals surface area contributed by atoms with Crippen molar-refractivity contribution in [1.29, 1.82) is 0 Å². The summed E-state index contributed by atoms with van der Waals surface area (Å²) in [6, 6.07) is 4.50. The van der Waals surface area contributed by atoms with E-state index in [2.05, 4.69) is 4.98 Å². The molecule has 11 heteroatoms. The first-order valence-corrected chi connectivity index (χ1v) is 11.8. The number of ether oxygens (including phenoxy) is 2. The Balaban J connectivity index is 1.59. The molecule has 1 amide bonds. The molecule has 164 valence electrons. The molecule has 0 atom stereocenters. The fourth-order valence-electron chi connectivity index (χ4n) is 3.02. The molecular weight excluding hydrogens is 430 g/mol. The van der Waals surface area contributed by atoms with Crippen molar-refractivity contribution >= 4 is 27.7 Å². The van der Waals surface area contributed by atoms with Crippen LogP contribution in [-0.2, 0) is 14.8 Å². The van der Waals surface area contributed by atoms with Gasteiger partial charge in [-0.15, -0.1) is 0 Å². The second-order valence-electron chi connectivity index (χ2n) is 6.71. The molecule has 30 heavy (non-hydrogen) atoms. The molecule has 0 spiro atoms. The number of thioether (sulfide) groups is 1. The van der Waals surface area contributed by atoms with Gasteiger partial charge in [-0.05, 0) is 26.0 Å². The molecule has 0 N–H and O–H groups in total. The van der Waals surface area contributed by atoms with Crippen LogP contribution < -0.4 is 9.47 Å². The number of sulfonamides is 1. The van der Waals surface area contributed by atoms with Crippen molar-refractivity contribution < 1.29 is 27.1 Å². The number of hydrogen-bond acceptors (Lipinski definition) is 8. The first-order chi connectivity index (χ1) is 14.3. The molecule has 0 radical (unpaired) electrons. The van der Waals surface area contributed by atoms with Gasteiger partial charge in [-0.3, -0.25) is 4.79 Å². The van der Waals surface area contributed by atoms with E-state index >= 15 is 0 Å². The van der Waals surface area contributed by atoms with Crippen LogP contribution in [0.25, 0.3) is 0 Å². The number of nitrogens with zero attached hydrogens (tertiary/aromatic N) is 3. The van der Waals surface area contributed by atoms with E-state index < -0.39 is 10.0 Å². The number of benzene rings is 1. The Hall–Kier alpha value is -2.24. The fourth-order valence-corrected chi connectivity index (χ4v) is 5.28. The summed E-state index contributed by atoms with van der Waals surface area (Å²) in [5.74, 6) is 1.67. The Bertz CT molecular complexity index is 994. The van der Waals surface area contributed by atoms with E-state index in [1.807, 2.05) is 13.8 Å². The number of amides is 1. The molecule has 0 aliphatic carbocycles. The summed E-state index contributed by atoms with van der Waals surface area (Å²) in [5.41, 5.74) is 0.805. The molecule has 1 aliphatic heterocycles. The van der Waals surface area contributed by atoms with Gasteiger partial charge in [0.1, 0.15) is 5.76 Å². The van der Waals surface area contributed by atoms with Crippen LogP contribution in [0.1, 0.15) is 11.5 Å². The highest BCUT2D eigenvalue weighted by Gasteiger charge is 2.31. The molecule has 1 aromatic heterocycles. The third-order valence-corrected chi connectivity index (χ3v) is 7.62. The smallest absolute Gasteiger partial charge is 0.256 e. The number of rotatable bonds is 7. The van der Waals surface area contributed by atoms with Crippen LogP contribution >= 0.6 is 11.8 Å². The van der Waals surface area contributed by atoms with E-state index in [1.165, 1.54) is 42.4 Å². The Morgan fingerprint density at radius 2 is 1.80 bits per heavy atom. The Morgan fingerprint density at radius 3 is 2.37 bits per heavy atom. The van der Waals surface area contributed by atoms with Gasteiger partial charge in [0, 0.05) is 32.2 Å². The molecule has 1 aromatic carbocycles. The summed E-state index contributed by atoms with van der Waals surface area (Å²) in [4.78, 5) is 18.5. The van der Waals surface area contributed by atoms with E-state index in [1.54, 1.807) is 11.0 Å². The van der Waals surface area contributed by atoms with E-state index in [9.17, 15) is 13.2 Å². The van der Waals surface area contributed by atoms with Gasteiger partial charge in [0.05, 0.1) is 30.6 Å². The van der Waals surface area contributed by atoms with Crippen molar-refractivity contribution in [2.24, 2.45) is 0 Å². The van der Waals surface area contributed by atoms with Gasteiger partial charge in [0.15, 0.2) is 11.5 Å². The molecule has 1 fully saturated rings. The van der Waals surface area contributed by atoms with Crippen LogP contribution in [0.4, 0.5) is 0 Å². The number of carbonyl (C=O) groups excluding carboxylic acids is 1. The van der Waals surface area contributed by atoms with Gasteiger partial charge in [-0.2, -0.15) is 4.31 Å². The zero-order chi connectivity index (χ0) is 21.9. The largest absolute Gasteiger partial charge is 0.493 e. The standard InChI is InChI=1S/C19H25N3O6S2/c1-13-14(2)28-19(20-13)29-12-18(23)21-7-9-22(10-8-21)30(24,25)15-5-6-16(26-3)17(11-15)27-4/h5-6,11H,7-10,12H2,1-4H3. The number of carbonyl (C=O) groups is 1. The van der Waals surface area contributed by atoms with Crippen molar-refractivity contribution in [3.05, 3.63) is 29.7 Å². The van der Waals surface area contributed by atoms with Crippen molar-refractivity contribution in [2.75, 3.05) is 46.2 Å². The Morgan fingerprint density at radius 1 is 1.13 bits per heavy atom. The quantitative estimate of drug-likeness (QED) is 0.584. The maximum Gasteiger partial charge on any atom is 0.256 e. The average Bonchev–Trinajstić information content (AvgIpc) is 3.08. The normalized spacial score (nSPS) is 15.3. The first-order valence-electron chi connectivity index (χ1n) is 9.33. The lowest BCUT2D eigenvalue weighted by molar-refractivity contribution is -0.129. The second kappa shape index (κ2) is 9.27. The highest BCUT2D eigenvalue weighted by Crippen LogP contribution is 2.31. The van der Waals surface area contributed by atoms with Crippen LogP contribution in [0.5, 0.6) is 11.5 Å². The number of hydrogen-bond donors (Lipinski definition) is 0. The number of oxazole rings is 1. The van der Waals surface area contributed by atoms with E-state index in [-0.39, 0.29) is 29.6 Å². The molecule has 9 nitrogen and oxygen atoms in total. The highest BCUT2D eigenvalue weighted by atomic mass is 32.2. The minimum atomic E-state index is -3.70. The minimum absolute atomic E-state index is 0.0725. The van der Waals surface area contributed by atoms with Gasteiger partial charge in [0.2, 0.25) is 15.9 Å². The van der Waals surface area contributed by atoms with Crippen LogP contribution in [0.15, 0.2) is 32.7 Å². The third-order valence-electron chi connectivity index (χ3n) is 4.91. The predicted octanol–water partition coefficient (Wildman–Crippen LogP) is 1.93. The Kier molecular flexibility index (Phi) is 6.94. The summed E-state index contributed by atoms with van der Waals surface area (Å²) in [7, 11) is -0.750. The first kappa shape index (κ1) is 22.4. The monoisotopic (exact) mass is 455 g/mol. The number of aromatic nitrogens is 1. The summed E-state index contributed by atoms with van der Waals surface area (Å²) < 4.78 is 43.2.